The van der Waals surface area contributed by atoms with Crippen molar-refractivity contribution in [3.8, 4) is 0 Å². The summed E-state index contributed by atoms with van der Waals surface area (Å²) in [7, 11) is -3.29. The van der Waals surface area contributed by atoms with E-state index in [9.17, 15) is 13.5 Å². The van der Waals surface area contributed by atoms with Gasteiger partial charge in [0, 0.05) is 18.7 Å². The van der Waals surface area contributed by atoms with Gasteiger partial charge in [0.25, 0.3) is 0 Å². The minimum absolute atomic E-state index is 0.130. The smallest absolute Gasteiger partial charge is 0.158 e. The maximum Gasteiger partial charge on any atom is 0.158 e. The van der Waals surface area contributed by atoms with Crippen LogP contribution in [0.1, 0.15) is 34.1 Å². The van der Waals surface area contributed by atoms with Crippen molar-refractivity contribution in [3.63, 3.8) is 0 Å². The van der Waals surface area contributed by atoms with E-state index in [1.165, 1.54) is 0 Å². The molecule has 0 aliphatic carbocycles. The molecule has 0 saturated carbocycles. The molecule has 3 atom stereocenters. The van der Waals surface area contributed by atoms with Gasteiger partial charge in [-0.2, -0.15) is 0 Å². The molecule has 3 unspecified atom stereocenters. The van der Waals surface area contributed by atoms with E-state index in [-0.39, 0.29) is 23.9 Å². The molecule has 0 radical (unpaired) electrons. The molecule has 1 aliphatic rings. The third-order valence-corrected chi connectivity index (χ3v) is 5.45. The predicted octanol–water partition coefficient (Wildman–Crippen LogP) is 0.328. The lowest BCUT2D eigenvalue weighted by molar-refractivity contribution is 0.126. The summed E-state index contributed by atoms with van der Waals surface area (Å²) in [5.74, 6) is -0.200. The monoisotopic (exact) mass is 279 g/mol. The summed E-state index contributed by atoms with van der Waals surface area (Å²) in [6.07, 6.45) is -0.608. The van der Waals surface area contributed by atoms with Crippen LogP contribution in [0, 0.1) is 0 Å². The van der Waals surface area contributed by atoms with E-state index >= 15 is 0 Å². The molecular weight excluding hydrogens is 254 g/mol. The average molecular weight is 279 g/mol. The van der Waals surface area contributed by atoms with E-state index in [4.69, 9.17) is 4.74 Å². The fourth-order valence-corrected chi connectivity index (χ4v) is 4.08. The van der Waals surface area contributed by atoms with Gasteiger partial charge in [-0.15, -0.1) is 0 Å². The molecule has 108 valence electrons. The molecule has 1 fully saturated rings. The largest absolute Gasteiger partial charge is 0.391 e. The van der Waals surface area contributed by atoms with Crippen molar-refractivity contribution in [1.82, 2.24) is 5.32 Å². The van der Waals surface area contributed by atoms with Crippen molar-refractivity contribution >= 4 is 9.84 Å². The lowest BCUT2D eigenvalue weighted by atomic mass is 10.1. The predicted molar refractivity (Wildman–Crippen MR) is 71.4 cm³/mol. The normalized spacial score (nSPS) is 27.4. The van der Waals surface area contributed by atoms with Gasteiger partial charge in [-0.05, 0) is 34.1 Å². The van der Waals surface area contributed by atoms with Crippen molar-refractivity contribution in [1.29, 1.82) is 0 Å². The molecule has 0 spiro atoms. The van der Waals surface area contributed by atoms with Crippen LogP contribution in [0.25, 0.3) is 0 Å². The Kier molecular flexibility index (Phi) is 5.17. The molecule has 0 aromatic rings. The molecule has 0 aromatic carbocycles. The Bertz CT molecular complexity index is 361. The summed E-state index contributed by atoms with van der Waals surface area (Å²) < 4.78 is 29.5. The highest BCUT2D eigenvalue weighted by Crippen LogP contribution is 2.21. The zero-order chi connectivity index (χ0) is 14.0. The molecule has 1 saturated heterocycles. The van der Waals surface area contributed by atoms with Gasteiger partial charge in [-0.1, -0.05) is 0 Å². The second-order valence-corrected chi connectivity index (χ2v) is 8.28. The Hall–Kier alpha value is -0.170. The van der Waals surface area contributed by atoms with Gasteiger partial charge in [0.05, 0.1) is 23.2 Å². The Morgan fingerprint density at radius 1 is 1.44 bits per heavy atom. The summed E-state index contributed by atoms with van der Waals surface area (Å²) in [6, 6.07) is 0. The highest BCUT2D eigenvalue weighted by Gasteiger charge is 2.36. The molecule has 18 heavy (non-hydrogen) atoms. The van der Waals surface area contributed by atoms with E-state index in [1.807, 2.05) is 20.8 Å². The summed E-state index contributed by atoms with van der Waals surface area (Å²) in [5.41, 5.74) is -0.130. The minimum atomic E-state index is -3.29. The first-order valence-corrected chi connectivity index (χ1v) is 8.09. The molecule has 5 nitrogen and oxygen atoms in total. The minimum Gasteiger partial charge on any atom is -0.391 e. The quantitative estimate of drug-likeness (QED) is 0.758. The Morgan fingerprint density at radius 3 is 2.50 bits per heavy atom. The van der Waals surface area contributed by atoms with Gasteiger partial charge >= 0.3 is 0 Å². The van der Waals surface area contributed by atoms with Crippen LogP contribution in [-0.4, -0.2) is 55.4 Å². The zero-order valence-corrected chi connectivity index (χ0v) is 12.5. The van der Waals surface area contributed by atoms with Gasteiger partial charge in [0.15, 0.2) is 9.84 Å². The number of hydrogen-bond acceptors (Lipinski definition) is 5. The van der Waals surface area contributed by atoms with Gasteiger partial charge in [-0.3, -0.25) is 0 Å². The van der Waals surface area contributed by atoms with Crippen LogP contribution < -0.4 is 5.32 Å². The van der Waals surface area contributed by atoms with Crippen molar-refractivity contribution in [2.75, 3.05) is 18.9 Å². The van der Waals surface area contributed by atoms with Crippen LogP contribution in [-0.2, 0) is 14.6 Å². The van der Waals surface area contributed by atoms with E-state index in [0.29, 0.717) is 13.0 Å². The second kappa shape index (κ2) is 5.86. The van der Waals surface area contributed by atoms with E-state index < -0.39 is 21.2 Å². The summed E-state index contributed by atoms with van der Waals surface area (Å²) in [5, 5.41) is 12.4. The molecule has 6 heteroatoms. The fraction of sp³-hybridized carbons (Fsp3) is 1.00. The van der Waals surface area contributed by atoms with Gasteiger partial charge < -0.3 is 15.2 Å². The number of hydrogen-bond donors (Lipinski definition) is 2. The van der Waals surface area contributed by atoms with Crippen LogP contribution in [0.5, 0.6) is 0 Å². The highest BCUT2D eigenvalue weighted by molar-refractivity contribution is 7.92. The second-order valence-electron chi connectivity index (χ2n) is 6.02. The number of nitrogens with one attached hydrogen (secondary N) is 1. The number of ether oxygens (including phenoxy) is 1. The van der Waals surface area contributed by atoms with Crippen molar-refractivity contribution in [2.24, 2.45) is 0 Å². The van der Waals surface area contributed by atoms with Crippen LogP contribution in [0.4, 0.5) is 0 Å². The van der Waals surface area contributed by atoms with Crippen molar-refractivity contribution in [2.45, 2.75) is 57.1 Å². The number of sulfone groups is 1. The summed E-state index contributed by atoms with van der Waals surface area (Å²) >= 11 is 0. The van der Waals surface area contributed by atoms with E-state index in [0.717, 1.165) is 0 Å². The highest BCUT2D eigenvalue weighted by atomic mass is 32.2. The molecule has 1 aliphatic heterocycles. The lowest BCUT2D eigenvalue weighted by Crippen LogP contribution is -2.44. The Balaban J connectivity index is 2.50. The van der Waals surface area contributed by atoms with E-state index in [2.05, 4.69) is 5.32 Å². The first kappa shape index (κ1) is 15.9. The number of aliphatic hydroxyl groups is 1. The fourth-order valence-electron chi connectivity index (χ4n) is 2.06. The molecule has 1 heterocycles. The topological polar surface area (TPSA) is 75.6 Å². The van der Waals surface area contributed by atoms with E-state index in [1.54, 1.807) is 6.92 Å². The van der Waals surface area contributed by atoms with Crippen LogP contribution in [0.15, 0.2) is 0 Å². The standard InChI is InChI=1S/C12H25NO4S/c1-9-11(5-6-17-9)18(15,16)8-10(14)7-13-12(2,3)4/h9-11,13-14H,5-8H2,1-4H3. The summed E-state index contributed by atoms with van der Waals surface area (Å²) in [6.45, 7) is 8.46. The van der Waals surface area contributed by atoms with Crippen LogP contribution in [0.2, 0.25) is 0 Å². The van der Waals surface area contributed by atoms with Gasteiger partial charge in [-0.25, -0.2) is 8.42 Å². The molecule has 0 aromatic heterocycles. The van der Waals surface area contributed by atoms with Gasteiger partial charge in [0.1, 0.15) is 0 Å². The molecule has 0 bridgehead atoms. The van der Waals surface area contributed by atoms with Crippen molar-refractivity contribution < 1.29 is 18.3 Å². The van der Waals surface area contributed by atoms with Gasteiger partial charge in [0.2, 0.25) is 0 Å². The molecular formula is C12H25NO4S. The van der Waals surface area contributed by atoms with Crippen LogP contribution >= 0.6 is 0 Å². The maximum atomic E-state index is 12.1. The SMILES string of the molecule is CC1OCCC1S(=O)(=O)CC(O)CNC(C)(C)C. The summed E-state index contributed by atoms with van der Waals surface area (Å²) in [4.78, 5) is 0. The molecule has 2 N–H and O–H groups in total. The number of aliphatic hydroxyl groups excluding tert-OH is 1. The average Bonchev–Trinajstić information content (AvgIpc) is 2.60. The first-order valence-electron chi connectivity index (χ1n) is 6.38. The molecule has 1 rings (SSSR count). The number of β-amino-alcohol motifs (C(OH)–C–C–N with tert-alkyl or cyclic N) is 1. The third-order valence-electron chi connectivity index (χ3n) is 3.06. The Morgan fingerprint density at radius 2 is 2.06 bits per heavy atom. The zero-order valence-electron chi connectivity index (χ0n) is 11.6. The van der Waals surface area contributed by atoms with Crippen LogP contribution in [0.3, 0.4) is 0 Å². The molecule has 0 amide bonds. The maximum absolute atomic E-state index is 12.1. The number of rotatable bonds is 5. The Labute approximate surface area is 110 Å². The first-order chi connectivity index (χ1) is 8.12. The lowest BCUT2D eigenvalue weighted by Gasteiger charge is -2.24. The third kappa shape index (κ3) is 4.84. The van der Waals surface area contributed by atoms with Crippen molar-refractivity contribution in [3.05, 3.63) is 0 Å².